The molecule has 0 aliphatic rings. The van der Waals surface area contributed by atoms with Crippen LogP contribution in [0.4, 0.5) is 0 Å². The zero-order chi connectivity index (χ0) is 13.9. The summed E-state index contributed by atoms with van der Waals surface area (Å²) < 4.78 is 0. The summed E-state index contributed by atoms with van der Waals surface area (Å²) in [6.07, 6.45) is 0. The van der Waals surface area contributed by atoms with Crippen molar-refractivity contribution in [2.24, 2.45) is 0 Å². The third-order valence-electron chi connectivity index (χ3n) is 0. The van der Waals surface area contributed by atoms with Gasteiger partial charge < -0.3 is 9.59 Å². The van der Waals surface area contributed by atoms with Gasteiger partial charge in [0.1, 0.15) is 0 Å². The van der Waals surface area contributed by atoms with Crippen molar-refractivity contribution in [3.8, 4) is 0 Å². The van der Waals surface area contributed by atoms with Gasteiger partial charge in [0.25, 0.3) is 0 Å². The molecule has 0 aliphatic carbocycles. The van der Waals surface area contributed by atoms with Crippen LogP contribution in [0.3, 0.4) is 0 Å². The molecule has 0 N–H and O–H groups in total. The molecule has 0 spiro atoms. The molecule has 0 heterocycles. The van der Waals surface area contributed by atoms with Crippen LogP contribution in [-0.4, -0.2) is 53.6 Å². The van der Waals surface area contributed by atoms with Crippen LogP contribution in [0, 0.1) is 0 Å². The second-order valence-electron chi connectivity index (χ2n) is 3.05. The molecule has 0 unspecified atom stereocenters. The summed E-state index contributed by atoms with van der Waals surface area (Å²) in [5.74, 6) is 0. The van der Waals surface area contributed by atoms with Crippen molar-refractivity contribution in [2.45, 2.75) is 0 Å². The molecule has 0 bridgehead atoms. The van der Waals surface area contributed by atoms with Crippen molar-refractivity contribution in [1.29, 1.82) is 0 Å². The van der Waals surface area contributed by atoms with E-state index in [1.165, 1.54) is 0 Å². The van der Waals surface area contributed by atoms with Crippen molar-refractivity contribution < 1.29 is 22.7 Å². The first-order valence-electron chi connectivity index (χ1n) is 3.74. The zero-order valence-electron chi connectivity index (χ0n) is 10.1. The van der Waals surface area contributed by atoms with Gasteiger partial charge in [-0.2, -0.15) is 0 Å². The van der Waals surface area contributed by atoms with Gasteiger partial charge in [-0.15, -0.1) is 0 Å². The van der Waals surface area contributed by atoms with Crippen molar-refractivity contribution in [3.63, 3.8) is 0 Å². The van der Waals surface area contributed by atoms with Gasteiger partial charge in [-0.1, -0.05) is 0 Å². The Morgan fingerprint density at radius 1 is 0.733 bits per heavy atom. The van der Waals surface area contributed by atoms with E-state index in [1.807, 2.05) is 0 Å². The fourth-order valence-electron chi connectivity index (χ4n) is 0. The van der Waals surface area contributed by atoms with Crippen molar-refractivity contribution in [3.05, 3.63) is 0 Å². The first-order valence-corrected chi connectivity index (χ1v) is 12.8. The SMILES string of the molecule is C[PH+](C)C.C[PH+](C)C.[CH-]=O.[CH-]=O.[Cl][Fe][Cl]. The summed E-state index contributed by atoms with van der Waals surface area (Å²) in [5, 5.41) is 0. The molecule has 0 amide bonds. The average molecular weight is 339 g/mol. The van der Waals surface area contributed by atoms with Gasteiger partial charge in [0.2, 0.25) is 0 Å². The van der Waals surface area contributed by atoms with E-state index < -0.39 is 0 Å². The number of carbonyl (C=O) groups excluding carboxylic acids is 2. The summed E-state index contributed by atoms with van der Waals surface area (Å²) in [7, 11) is 9.77. The molecule has 0 aromatic carbocycles. The van der Waals surface area contributed by atoms with E-state index in [2.05, 4.69) is 53.6 Å². The Kier molecular flexibility index (Phi) is 90.5. The number of hydrogen-bond donors (Lipinski definition) is 0. The van der Waals surface area contributed by atoms with E-state index in [9.17, 15) is 0 Å². The Bertz CT molecular complexity index is 68.2. The zero-order valence-corrected chi connectivity index (χ0v) is 14.7. The minimum absolute atomic E-state index is 0.120. The maximum absolute atomic E-state index is 7.75. The Balaban J connectivity index is -0.0000000289. The molecule has 0 aromatic heterocycles. The summed E-state index contributed by atoms with van der Waals surface area (Å²) in [6, 6.07) is 0. The van der Waals surface area contributed by atoms with Crippen molar-refractivity contribution in [1.82, 2.24) is 0 Å². The number of rotatable bonds is 0. The Morgan fingerprint density at radius 2 is 0.733 bits per heavy atom. The van der Waals surface area contributed by atoms with Crippen molar-refractivity contribution >= 4 is 49.6 Å². The number of halogens is 2. The monoisotopic (exact) mass is 338 g/mol. The van der Waals surface area contributed by atoms with Crippen LogP contribution in [0.1, 0.15) is 0 Å². The third-order valence-corrected chi connectivity index (χ3v) is 0. The predicted octanol–water partition coefficient (Wildman–Crippen LogP) is 3.01. The molecule has 2 nitrogen and oxygen atoms in total. The van der Waals surface area contributed by atoms with Gasteiger partial charge in [0, 0.05) is 40.0 Å². The molecule has 0 atom stereocenters. The van der Waals surface area contributed by atoms with Gasteiger partial charge in [0.05, 0.1) is 0 Å². The van der Waals surface area contributed by atoms with E-state index >= 15 is 0 Å². The standard InChI is InChI=1S/2C3H9P.2CHO.2ClH.Fe/c2*1-4(2)3;2*1-2;;;/h2*1-3H3;2*1H;2*1H;/q;;2*-1;;;+2. The Morgan fingerprint density at radius 3 is 0.733 bits per heavy atom. The van der Waals surface area contributed by atoms with Gasteiger partial charge >= 0.3 is 33.3 Å². The van der Waals surface area contributed by atoms with Gasteiger partial charge in [-0.05, 0) is 15.8 Å². The molecule has 0 aliphatic heterocycles. The first-order chi connectivity index (χ1) is 6.88. The molecule has 15 heavy (non-hydrogen) atoms. The summed E-state index contributed by atoms with van der Waals surface area (Å²) in [4.78, 5) is 15.5. The van der Waals surface area contributed by atoms with E-state index in [1.54, 1.807) is 0 Å². The molecule has 0 saturated carbocycles. The average Bonchev–Trinajstić information content (AvgIpc) is 2.09. The van der Waals surface area contributed by atoms with E-state index in [-0.39, 0.29) is 29.0 Å². The van der Waals surface area contributed by atoms with E-state index in [4.69, 9.17) is 29.8 Å². The van der Waals surface area contributed by atoms with Gasteiger partial charge in [-0.3, -0.25) is 13.6 Å². The molecular formula is C8H22Cl2FeO2P2. The van der Waals surface area contributed by atoms with Crippen LogP contribution in [0.15, 0.2) is 0 Å². The molecule has 0 fully saturated rings. The molecule has 0 radical (unpaired) electrons. The second-order valence-corrected chi connectivity index (χ2v) is 10.9. The van der Waals surface area contributed by atoms with Crippen LogP contribution >= 0.6 is 36.0 Å². The van der Waals surface area contributed by atoms with E-state index in [0.29, 0.717) is 0 Å². The molecular weight excluding hydrogens is 317 g/mol. The maximum atomic E-state index is 7.75. The molecule has 98 valence electrons. The first kappa shape index (κ1) is 29.9. The Labute approximate surface area is 112 Å². The summed E-state index contributed by atoms with van der Waals surface area (Å²) in [5.41, 5.74) is 0. The molecule has 7 heteroatoms. The van der Waals surface area contributed by atoms with Crippen LogP contribution in [0.25, 0.3) is 0 Å². The number of hydrogen-bond acceptors (Lipinski definition) is 2. The quantitative estimate of drug-likeness (QED) is 0.294. The van der Waals surface area contributed by atoms with Crippen molar-refractivity contribution in [2.75, 3.05) is 40.0 Å². The van der Waals surface area contributed by atoms with Crippen LogP contribution in [-0.2, 0) is 22.7 Å². The Hall–Kier alpha value is 1.30. The van der Waals surface area contributed by atoms with Gasteiger partial charge in [0.15, 0.2) is 0 Å². The fraction of sp³-hybridized carbons (Fsp3) is 0.750. The second kappa shape index (κ2) is 45.4. The molecule has 0 rings (SSSR count). The van der Waals surface area contributed by atoms with E-state index in [0.717, 1.165) is 0 Å². The fourth-order valence-corrected chi connectivity index (χ4v) is 0. The third kappa shape index (κ3) is 1600. The summed E-state index contributed by atoms with van der Waals surface area (Å²) >= 11 is 0.194. The van der Waals surface area contributed by atoms with Crippen LogP contribution < -0.4 is 0 Å². The summed E-state index contributed by atoms with van der Waals surface area (Å²) in [6.45, 7) is 20.1. The van der Waals surface area contributed by atoms with Crippen LogP contribution in [0.5, 0.6) is 0 Å². The molecule has 0 saturated heterocycles. The van der Waals surface area contributed by atoms with Gasteiger partial charge in [-0.25, -0.2) is 0 Å². The normalized spacial score (nSPS) is 6.80. The topological polar surface area (TPSA) is 34.1 Å². The predicted molar refractivity (Wildman–Crippen MR) is 77.4 cm³/mol. The molecule has 0 aromatic rings. The minimum atomic E-state index is 0.120. The van der Waals surface area contributed by atoms with Crippen LogP contribution in [0.2, 0.25) is 0 Å².